The fraction of sp³-hybridized carbons (Fsp3) is 0.625. The first-order valence-corrected chi connectivity index (χ1v) is 8.85. The van der Waals surface area contributed by atoms with Gasteiger partial charge in [-0.15, -0.1) is 0 Å². The third-order valence-corrected chi connectivity index (χ3v) is 5.36. The maximum atomic E-state index is 12.6. The summed E-state index contributed by atoms with van der Waals surface area (Å²) in [6, 6.07) is 0. The largest absolute Gasteiger partial charge is 0.458 e. The van der Waals surface area contributed by atoms with Crippen molar-refractivity contribution in [1.82, 2.24) is 14.5 Å². The van der Waals surface area contributed by atoms with E-state index in [1.54, 1.807) is 14.0 Å². The van der Waals surface area contributed by atoms with Gasteiger partial charge in [0.25, 0.3) is 0 Å². The van der Waals surface area contributed by atoms with Crippen LogP contribution in [0.5, 0.6) is 0 Å². The molecule has 0 N–H and O–H groups in total. The maximum absolute atomic E-state index is 12.6. The lowest BCUT2D eigenvalue weighted by molar-refractivity contribution is -0.152. The lowest BCUT2D eigenvalue weighted by Gasteiger charge is -2.20. The fourth-order valence-electron chi connectivity index (χ4n) is 3.08. The van der Waals surface area contributed by atoms with Gasteiger partial charge in [0.2, 0.25) is 0 Å². The Labute approximate surface area is 148 Å². The lowest BCUT2D eigenvalue weighted by Crippen LogP contribution is -2.30. The Morgan fingerprint density at radius 3 is 2.76 bits per heavy atom. The number of nitrogens with zero attached hydrogens (tertiary/aromatic N) is 3. The standard InChI is InChI=1S/C16H21N3O5S/c1-7-13-14(18-9(3)17-7)19(16(21)25-13)15-12(23-10(4)20)6-11(24-15)8(2)22-5/h8,11-12,15H,6H2,1-5H3/t8?,11-,12+,15+/m0/s1. The van der Waals surface area contributed by atoms with Gasteiger partial charge in [-0.3, -0.25) is 14.2 Å². The van der Waals surface area contributed by atoms with Crippen molar-refractivity contribution in [3.8, 4) is 0 Å². The molecule has 1 saturated heterocycles. The van der Waals surface area contributed by atoms with E-state index >= 15 is 0 Å². The quantitative estimate of drug-likeness (QED) is 0.760. The number of rotatable bonds is 4. The number of hydrogen-bond donors (Lipinski definition) is 0. The summed E-state index contributed by atoms with van der Waals surface area (Å²) in [7, 11) is 1.59. The van der Waals surface area contributed by atoms with Gasteiger partial charge in [0.05, 0.1) is 22.6 Å². The van der Waals surface area contributed by atoms with E-state index < -0.39 is 18.3 Å². The van der Waals surface area contributed by atoms with Gasteiger partial charge in [-0.2, -0.15) is 0 Å². The highest BCUT2D eigenvalue weighted by atomic mass is 32.1. The molecule has 1 aliphatic heterocycles. The first-order chi connectivity index (χ1) is 11.8. The molecule has 136 valence electrons. The number of carbonyl (C=O) groups is 1. The van der Waals surface area contributed by atoms with E-state index in [4.69, 9.17) is 14.2 Å². The summed E-state index contributed by atoms with van der Waals surface area (Å²) in [6.07, 6.45) is -1.34. The van der Waals surface area contributed by atoms with Crippen LogP contribution in [0.25, 0.3) is 10.3 Å². The van der Waals surface area contributed by atoms with E-state index in [-0.39, 0.29) is 17.1 Å². The Bertz CT molecular complexity index is 861. The third kappa shape index (κ3) is 3.31. The van der Waals surface area contributed by atoms with E-state index in [1.165, 1.54) is 11.5 Å². The molecule has 0 bridgehead atoms. The van der Waals surface area contributed by atoms with Gasteiger partial charge < -0.3 is 14.2 Å². The highest BCUT2D eigenvalue weighted by Gasteiger charge is 2.42. The van der Waals surface area contributed by atoms with Crippen LogP contribution in [0.2, 0.25) is 0 Å². The smallest absolute Gasteiger partial charge is 0.311 e. The summed E-state index contributed by atoms with van der Waals surface area (Å²) >= 11 is 1.07. The molecule has 0 saturated carbocycles. The molecule has 8 nitrogen and oxygen atoms in total. The van der Waals surface area contributed by atoms with Crippen molar-refractivity contribution in [2.24, 2.45) is 0 Å². The van der Waals surface area contributed by atoms with Crippen molar-refractivity contribution in [3.05, 3.63) is 21.2 Å². The molecule has 9 heteroatoms. The van der Waals surface area contributed by atoms with Crippen LogP contribution in [0.15, 0.2) is 4.79 Å². The Balaban J connectivity index is 2.09. The molecule has 2 aromatic rings. The molecule has 4 atom stereocenters. The molecule has 3 heterocycles. The number of aryl methyl sites for hydroxylation is 2. The number of aromatic nitrogens is 3. The van der Waals surface area contributed by atoms with Crippen LogP contribution in [0.4, 0.5) is 0 Å². The summed E-state index contributed by atoms with van der Waals surface area (Å²) in [5.74, 6) is 0.152. The zero-order valence-electron chi connectivity index (χ0n) is 14.8. The molecule has 0 aliphatic carbocycles. The van der Waals surface area contributed by atoms with Crippen LogP contribution < -0.4 is 4.87 Å². The second kappa shape index (κ2) is 6.81. The van der Waals surface area contributed by atoms with Gasteiger partial charge in [-0.05, 0) is 20.8 Å². The lowest BCUT2D eigenvalue weighted by atomic mass is 10.1. The number of hydrogen-bond acceptors (Lipinski definition) is 8. The highest BCUT2D eigenvalue weighted by Crippen LogP contribution is 2.35. The average Bonchev–Trinajstić information content (AvgIpc) is 3.06. The molecule has 0 spiro atoms. The number of thiazole rings is 1. The number of fused-ring (bicyclic) bond motifs is 1. The van der Waals surface area contributed by atoms with Crippen LogP contribution in [0, 0.1) is 13.8 Å². The van der Waals surface area contributed by atoms with E-state index in [1.807, 2.05) is 13.8 Å². The van der Waals surface area contributed by atoms with Gasteiger partial charge in [-0.25, -0.2) is 9.97 Å². The summed E-state index contributed by atoms with van der Waals surface area (Å²) < 4.78 is 19.0. The second-order valence-corrected chi connectivity index (χ2v) is 7.10. The predicted octanol–water partition coefficient (Wildman–Crippen LogP) is 1.72. The molecule has 25 heavy (non-hydrogen) atoms. The first kappa shape index (κ1) is 18.0. The van der Waals surface area contributed by atoms with E-state index in [9.17, 15) is 9.59 Å². The Hall–Kier alpha value is -1.84. The molecule has 3 rings (SSSR count). The van der Waals surface area contributed by atoms with Crippen LogP contribution in [0.1, 0.15) is 38.0 Å². The molecule has 1 fully saturated rings. The minimum absolute atomic E-state index is 0.193. The number of carbonyl (C=O) groups excluding carboxylic acids is 1. The molecule has 0 amide bonds. The maximum Gasteiger partial charge on any atom is 0.311 e. The van der Waals surface area contributed by atoms with Crippen molar-refractivity contribution < 1.29 is 19.0 Å². The van der Waals surface area contributed by atoms with Gasteiger partial charge in [0, 0.05) is 20.5 Å². The molecule has 1 unspecified atom stereocenters. The normalized spacial score (nSPS) is 24.6. The summed E-state index contributed by atoms with van der Waals surface area (Å²) in [6.45, 7) is 6.83. The minimum atomic E-state index is -0.735. The van der Waals surface area contributed by atoms with Gasteiger partial charge >= 0.3 is 10.8 Å². The van der Waals surface area contributed by atoms with Crippen molar-refractivity contribution in [1.29, 1.82) is 0 Å². The van der Waals surface area contributed by atoms with Crippen LogP contribution in [-0.2, 0) is 19.0 Å². The monoisotopic (exact) mass is 367 g/mol. The second-order valence-electron chi connectivity index (χ2n) is 6.14. The Kier molecular flexibility index (Phi) is 4.90. The van der Waals surface area contributed by atoms with E-state index in [2.05, 4.69) is 9.97 Å². The fourth-order valence-corrected chi connectivity index (χ4v) is 3.97. The van der Waals surface area contributed by atoms with Crippen molar-refractivity contribution in [3.63, 3.8) is 0 Å². The summed E-state index contributed by atoms with van der Waals surface area (Å²) in [5.41, 5.74) is 1.25. The van der Waals surface area contributed by atoms with Crippen LogP contribution in [0.3, 0.4) is 0 Å². The molecule has 2 aromatic heterocycles. The van der Waals surface area contributed by atoms with E-state index in [0.717, 1.165) is 17.0 Å². The van der Waals surface area contributed by atoms with Gasteiger partial charge in [-0.1, -0.05) is 11.3 Å². The van der Waals surface area contributed by atoms with Crippen molar-refractivity contribution in [2.75, 3.05) is 7.11 Å². The SMILES string of the molecule is COC(C)[C@@H]1C[C@@H](OC(C)=O)[C@H](n2c(=O)sc3c(C)nc(C)nc32)O1. The van der Waals surface area contributed by atoms with Crippen molar-refractivity contribution >= 4 is 27.7 Å². The average molecular weight is 367 g/mol. The van der Waals surface area contributed by atoms with E-state index in [0.29, 0.717) is 22.6 Å². The molecule has 0 aromatic carbocycles. The Morgan fingerprint density at radius 1 is 1.40 bits per heavy atom. The minimum Gasteiger partial charge on any atom is -0.458 e. The summed E-state index contributed by atoms with van der Waals surface area (Å²) in [5, 5.41) is 0. The van der Waals surface area contributed by atoms with Gasteiger partial charge in [0.15, 0.2) is 11.9 Å². The third-order valence-electron chi connectivity index (χ3n) is 4.31. The molecule has 1 aliphatic rings. The first-order valence-electron chi connectivity index (χ1n) is 8.03. The molecule has 0 radical (unpaired) electrons. The topological polar surface area (TPSA) is 92.5 Å². The van der Waals surface area contributed by atoms with Crippen LogP contribution >= 0.6 is 11.3 Å². The molecular formula is C16H21N3O5S. The number of esters is 1. The van der Waals surface area contributed by atoms with Gasteiger partial charge in [0.1, 0.15) is 11.9 Å². The number of methoxy groups -OCH3 is 1. The van der Waals surface area contributed by atoms with Crippen molar-refractivity contribution in [2.45, 2.75) is 58.7 Å². The predicted molar refractivity (Wildman–Crippen MR) is 91.7 cm³/mol. The Morgan fingerprint density at radius 2 is 2.12 bits per heavy atom. The highest BCUT2D eigenvalue weighted by molar-refractivity contribution is 7.16. The zero-order valence-corrected chi connectivity index (χ0v) is 15.6. The summed E-state index contributed by atoms with van der Waals surface area (Å²) in [4.78, 5) is 32.6. The zero-order chi connectivity index (χ0) is 18.3. The van der Waals surface area contributed by atoms with Crippen LogP contribution in [-0.4, -0.2) is 45.9 Å². The number of ether oxygens (including phenoxy) is 3. The molecular weight excluding hydrogens is 346 g/mol.